The van der Waals surface area contributed by atoms with Crippen LogP contribution in [0.5, 0.6) is 5.75 Å². The van der Waals surface area contributed by atoms with Crippen molar-refractivity contribution in [2.24, 2.45) is 0 Å². The fourth-order valence-electron chi connectivity index (χ4n) is 4.71. The van der Waals surface area contributed by atoms with E-state index in [-0.39, 0.29) is 5.56 Å². The van der Waals surface area contributed by atoms with Crippen LogP contribution in [0.3, 0.4) is 0 Å². The van der Waals surface area contributed by atoms with E-state index >= 15 is 0 Å². The van der Waals surface area contributed by atoms with Gasteiger partial charge in [-0.05, 0) is 60.2 Å². The maximum Gasteiger partial charge on any atom is 0.291 e. The number of aromatic nitrogens is 5. The molecule has 0 aliphatic rings. The molecule has 0 aliphatic heterocycles. The smallest absolute Gasteiger partial charge is 0.291 e. The molecular weight excluding hydrogens is 590 g/mol. The first-order chi connectivity index (χ1) is 21.6. The summed E-state index contributed by atoms with van der Waals surface area (Å²) in [7, 11) is 0. The second-order valence-corrected chi connectivity index (χ2v) is 11.4. The molecule has 0 spiro atoms. The molecule has 44 heavy (non-hydrogen) atoms. The molecule has 0 radical (unpaired) electrons. The van der Waals surface area contributed by atoms with E-state index < -0.39 is 0 Å². The van der Waals surface area contributed by atoms with E-state index in [1.54, 1.807) is 0 Å². The van der Waals surface area contributed by atoms with Gasteiger partial charge in [-0.2, -0.15) is 14.6 Å². The number of thiazole rings is 1. The molecule has 0 aliphatic carbocycles. The Morgan fingerprint density at radius 2 is 1.55 bits per heavy atom. The number of ether oxygens (including phenoxy) is 1. The molecule has 3 aromatic heterocycles. The van der Waals surface area contributed by atoms with E-state index in [1.807, 2.05) is 138 Å². The number of benzene rings is 4. The Kier molecular flexibility index (Phi) is 7.58. The van der Waals surface area contributed by atoms with Crippen molar-refractivity contribution in [3.63, 3.8) is 0 Å². The van der Waals surface area contributed by atoms with Crippen LogP contribution in [0.1, 0.15) is 22.5 Å². The Morgan fingerprint density at radius 1 is 0.818 bits per heavy atom. The van der Waals surface area contributed by atoms with Crippen molar-refractivity contribution < 1.29 is 4.74 Å². The summed E-state index contributed by atoms with van der Waals surface area (Å²) in [4.78, 5) is 18.5. The normalized spacial score (nSPS) is 12.0. The summed E-state index contributed by atoms with van der Waals surface area (Å²) >= 11 is 7.58. The Balaban J connectivity index is 1.21. The van der Waals surface area contributed by atoms with E-state index in [4.69, 9.17) is 21.4 Å². The predicted octanol–water partition coefficient (Wildman–Crippen LogP) is 6.95. The zero-order valence-corrected chi connectivity index (χ0v) is 24.8. The zero-order valence-electron chi connectivity index (χ0n) is 23.2. The largest absolute Gasteiger partial charge is 0.489 e. The highest BCUT2D eigenvalue weighted by molar-refractivity contribution is 7.15. The van der Waals surface area contributed by atoms with Crippen LogP contribution in [0.15, 0.2) is 120 Å². The first-order valence-corrected chi connectivity index (χ1v) is 15.1. The van der Waals surface area contributed by atoms with Gasteiger partial charge in [0, 0.05) is 27.9 Å². The standard InChI is InChI=1S/C35H24ClN5O2S/c36-30-14-8-7-11-26(30)23-43-29-18-16-25(17-19-29)33-27(22-40(39-33)28-12-5-2-6-13-28)21-31-34(42)41-35(44-31)37-32(38-41)20-15-24-9-3-1-4-10-24/h1-22H,23H2/b20-15+,31-21-. The van der Waals surface area contributed by atoms with Crippen LogP contribution >= 0.6 is 22.9 Å². The van der Waals surface area contributed by atoms with Crippen LogP contribution in [-0.2, 0) is 6.61 Å². The Morgan fingerprint density at radius 3 is 2.30 bits per heavy atom. The SMILES string of the molecule is O=c1/c(=C/c2cn(-c3ccccc3)nc2-c2ccc(OCc3ccccc3Cl)cc2)sc2nc(/C=C/c3ccccc3)nn12. The number of rotatable bonds is 8. The molecule has 9 heteroatoms. The Labute approximate surface area is 261 Å². The van der Waals surface area contributed by atoms with Crippen molar-refractivity contribution in [1.29, 1.82) is 0 Å². The number of fused-ring (bicyclic) bond motifs is 1. The number of hydrogen-bond acceptors (Lipinski definition) is 6. The lowest BCUT2D eigenvalue weighted by molar-refractivity contribution is 0.306. The summed E-state index contributed by atoms with van der Waals surface area (Å²) in [5.41, 5.74) is 5.05. The van der Waals surface area contributed by atoms with Gasteiger partial charge in [-0.25, -0.2) is 4.68 Å². The van der Waals surface area contributed by atoms with Crippen LogP contribution in [0.2, 0.25) is 5.02 Å². The molecule has 0 atom stereocenters. The molecule has 0 N–H and O–H groups in total. The van der Waals surface area contributed by atoms with Crippen LogP contribution in [0.25, 0.3) is 40.1 Å². The highest BCUT2D eigenvalue weighted by Crippen LogP contribution is 2.27. The molecule has 0 bridgehead atoms. The van der Waals surface area contributed by atoms with Crippen molar-refractivity contribution in [3.05, 3.63) is 158 Å². The molecule has 214 valence electrons. The summed E-state index contributed by atoms with van der Waals surface area (Å²) in [5.74, 6) is 1.20. The molecule has 7 aromatic rings. The Bertz CT molecular complexity index is 2210. The summed E-state index contributed by atoms with van der Waals surface area (Å²) in [6.07, 6.45) is 7.51. The fourth-order valence-corrected chi connectivity index (χ4v) is 5.81. The predicted molar refractivity (Wildman–Crippen MR) is 176 cm³/mol. The number of para-hydroxylation sites is 1. The van der Waals surface area contributed by atoms with Gasteiger partial charge in [0.05, 0.1) is 10.2 Å². The third-order valence-corrected chi connectivity index (χ3v) is 8.28. The summed E-state index contributed by atoms with van der Waals surface area (Å²) in [6, 6.07) is 35.1. The van der Waals surface area contributed by atoms with Crippen molar-refractivity contribution in [2.45, 2.75) is 6.61 Å². The number of halogens is 1. The maximum atomic E-state index is 13.4. The number of nitrogens with zero attached hydrogens (tertiary/aromatic N) is 5. The van der Waals surface area contributed by atoms with Gasteiger partial charge in [-0.1, -0.05) is 95.7 Å². The van der Waals surface area contributed by atoms with E-state index in [0.29, 0.717) is 32.7 Å². The Hall–Kier alpha value is -5.31. The molecule has 3 heterocycles. The van der Waals surface area contributed by atoms with Gasteiger partial charge < -0.3 is 4.74 Å². The van der Waals surface area contributed by atoms with E-state index in [9.17, 15) is 4.79 Å². The molecule has 0 saturated carbocycles. The lowest BCUT2D eigenvalue weighted by atomic mass is 10.1. The zero-order chi connectivity index (χ0) is 29.9. The van der Waals surface area contributed by atoms with Gasteiger partial charge >= 0.3 is 0 Å². The molecule has 0 amide bonds. The van der Waals surface area contributed by atoms with Gasteiger partial charge in [0.25, 0.3) is 5.56 Å². The lowest BCUT2D eigenvalue weighted by Gasteiger charge is -2.08. The van der Waals surface area contributed by atoms with Crippen molar-refractivity contribution in [2.75, 3.05) is 0 Å². The monoisotopic (exact) mass is 613 g/mol. The lowest BCUT2D eigenvalue weighted by Crippen LogP contribution is -2.23. The summed E-state index contributed by atoms with van der Waals surface area (Å²) < 4.78 is 9.67. The minimum absolute atomic E-state index is 0.224. The topological polar surface area (TPSA) is 74.3 Å². The van der Waals surface area contributed by atoms with Crippen molar-refractivity contribution in [3.8, 4) is 22.7 Å². The number of hydrogen-bond donors (Lipinski definition) is 0. The minimum atomic E-state index is -0.224. The van der Waals surface area contributed by atoms with Crippen LogP contribution in [0, 0.1) is 0 Å². The fraction of sp³-hybridized carbons (Fsp3) is 0.0286. The van der Waals surface area contributed by atoms with Crippen LogP contribution < -0.4 is 14.8 Å². The van der Waals surface area contributed by atoms with Gasteiger partial charge in [0.15, 0.2) is 5.82 Å². The quantitative estimate of drug-likeness (QED) is 0.185. The van der Waals surface area contributed by atoms with E-state index in [2.05, 4.69) is 10.1 Å². The second-order valence-electron chi connectivity index (χ2n) is 9.94. The third-order valence-electron chi connectivity index (χ3n) is 6.95. The average Bonchev–Trinajstić information content (AvgIpc) is 3.75. The summed E-state index contributed by atoms with van der Waals surface area (Å²) in [5, 5.41) is 10.0. The minimum Gasteiger partial charge on any atom is -0.489 e. The van der Waals surface area contributed by atoms with Gasteiger partial charge in [-0.15, -0.1) is 5.10 Å². The molecule has 0 fully saturated rings. The average molecular weight is 614 g/mol. The molecule has 0 saturated heterocycles. The van der Waals surface area contributed by atoms with Gasteiger partial charge in [0.2, 0.25) is 4.96 Å². The molecule has 7 rings (SSSR count). The van der Waals surface area contributed by atoms with Crippen molar-refractivity contribution in [1.82, 2.24) is 24.4 Å². The molecule has 7 nitrogen and oxygen atoms in total. The molecule has 4 aromatic carbocycles. The van der Waals surface area contributed by atoms with E-state index in [1.165, 1.54) is 15.9 Å². The highest BCUT2D eigenvalue weighted by atomic mass is 35.5. The molecule has 0 unspecified atom stereocenters. The second kappa shape index (κ2) is 12.1. The maximum absolute atomic E-state index is 13.4. The van der Waals surface area contributed by atoms with Crippen molar-refractivity contribution >= 4 is 46.1 Å². The highest BCUT2D eigenvalue weighted by Gasteiger charge is 2.14. The van der Waals surface area contributed by atoms with E-state index in [0.717, 1.165) is 33.6 Å². The van der Waals surface area contributed by atoms with Crippen LogP contribution in [-0.4, -0.2) is 24.4 Å². The third kappa shape index (κ3) is 5.81. The first-order valence-electron chi connectivity index (χ1n) is 13.9. The summed E-state index contributed by atoms with van der Waals surface area (Å²) in [6.45, 7) is 0.366. The first kappa shape index (κ1) is 27.5. The van der Waals surface area contributed by atoms with Crippen LogP contribution in [0.4, 0.5) is 0 Å². The van der Waals surface area contributed by atoms with Gasteiger partial charge in [-0.3, -0.25) is 4.79 Å². The molecular formula is C35H24ClN5O2S. The van der Waals surface area contributed by atoms with Gasteiger partial charge in [0.1, 0.15) is 18.1 Å².